The van der Waals surface area contributed by atoms with Gasteiger partial charge in [0.05, 0.1) is 6.61 Å². The van der Waals surface area contributed by atoms with Crippen molar-refractivity contribution in [2.45, 2.75) is 13.3 Å². The molecule has 0 aromatic carbocycles. The third-order valence-corrected chi connectivity index (χ3v) is 2.33. The highest BCUT2D eigenvalue weighted by Crippen LogP contribution is 2.02. The van der Waals surface area contributed by atoms with Crippen LogP contribution in [-0.2, 0) is 23.9 Å². The third kappa shape index (κ3) is 3.95. The van der Waals surface area contributed by atoms with Gasteiger partial charge >= 0.3 is 10.1 Å². The molecular formula is C7H10O5S. The Kier molecular flexibility index (Phi) is 4.50. The van der Waals surface area contributed by atoms with Crippen LogP contribution in [0.5, 0.6) is 0 Å². The molecule has 0 radical (unpaired) electrons. The van der Waals surface area contributed by atoms with E-state index in [1.165, 1.54) is 6.92 Å². The lowest BCUT2D eigenvalue weighted by Crippen LogP contribution is -2.18. The quantitative estimate of drug-likeness (QED) is 0.274. The van der Waals surface area contributed by atoms with Crippen LogP contribution in [-0.4, -0.2) is 26.4 Å². The minimum atomic E-state index is -4.23. The summed E-state index contributed by atoms with van der Waals surface area (Å²) in [7, 11) is -4.23. The molecule has 13 heavy (non-hydrogen) atoms. The maximum Gasteiger partial charge on any atom is 0.335 e. The molecule has 0 saturated heterocycles. The van der Waals surface area contributed by atoms with Crippen LogP contribution in [0.15, 0.2) is 12.2 Å². The summed E-state index contributed by atoms with van der Waals surface area (Å²) in [6.45, 7) is 4.12. The van der Waals surface area contributed by atoms with Crippen LogP contribution >= 0.6 is 0 Å². The number of hydrogen-bond donors (Lipinski definition) is 0. The average molecular weight is 206 g/mol. The zero-order valence-corrected chi connectivity index (χ0v) is 7.96. The Morgan fingerprint density at radius 1 is 1.54 bits per heavy atom. The van der Waals surface area contributed by atoms with Crippen molar-refractivity contribution < 1.29 is 22.2 Å². The maximum absolute atomic E-state index is 10.9. The first-order chi connectivity index (χ1) is 5.91. The van der Waals surface area contributed by atoms with Crippen LogP contribution in [0.4, 0.5) is 0 Å². The molecule has 0 aliphatic carbocycles. The number of aldehydes is 1. The fraction of sp³-hybridized carbons (Fsp3) is 0.429. The molecule has 6 heteroatoms. The molecule has 0 unspecified atom stereocenters. The van der Waals surface area contributed by atoms with E-state index in [1.54, 1.807) is 0 Å². The fourth-order valence-electron chi connectivity index (χ4n) is 0.473. The Morgan fingerprint density at radius 2 is 2.08 bits per heavy atom. The third-order valence-electron chi connectivity index (χ3n) is 1.05. The largest absolute Gasteiger partial charge is 0.335 e. The first kappa shape index (κ1) is 12.0. The van der Waals surface area contributed by atoms with Crippen molar-refractivity contribution in [2.24, 2.45) is 0 Å². The van der Waals surface area contributed by atoms with Crippen molar-refractivity contribution in [2.75, 3.05) is 6.61 Å². The lowest BCUT2D eigenvalue weighted by atomic mass is 10.4. The van der Waals surface area contributed by atoms with Gasteiger partial charge in [-0.2, -0.15) is 8.42 Å². The standard InChI is InChI=1S/C7H10O5S/c1-6(2)7(9)13(10,11)12-5-3-4-8/h4H,1,3,5H2,2H3. The van der Waals surface area contributed by atoms with E-state index in [9.17, 15) is 18.0 Å². The van der Waals surface area contributed by atoms with E-state index in [-0.39, 0.29) is 18.6 Å². The van der Waals surface area contributed by atoms with Crippen LogP contribution in [0.1, 0.15) is 13.3 Å². The number of rotatable bonds is 5. The molecule has 0 aromatic heterocycles. The van der Waals surface area contributed by atoms with Gasteiger partial charge in [-0.3, -0.25) is 8.98 Å². The molecule has 5 nitrogen and oxygen atoms in total. The Balaban J connectivity index is 4.33. The predicted molar refractivity (Wildman–Crippen MR) is 45.4 cm³/mol. The van der Waals surface area contributed by atoms with E-state index in [0.29, 0.717) is 6.29 Å². The van der Waals surface area contributed by atoms with Crippen LogP contribution in [0.25, 0.3) is 0 Å². The average Bonchev–Trinajstić information content (AvgIpc) is 2.03. The second-order valence-electron chi connectivity index (χ2n) is 2.30. The van der Waals surface area contributed by atoms with Crippen LogP contribution < -0.4 is 0 Å². The van der Waals surface area contributed by atoms with Crippen molar-refractivity contribution >= 4 is 21.5 Å². The van der Waals surface area contributed by atoms with Gasteiger partial charge in [0.15, 0.2) is 0 Å². The predicted octanol–water partition coefficient (Wildman–Crippen LogP) is 0.0245. The first-order valence-electron chi connectivity index (χ1n) is 3.44. The molecule has 0 aliphatic heterocycles. The Labute approximate surface area is 76.5 Å². The van der Waals surface area contributed by atoms with Crippen LogP contribution in [0.2, 0.25) is 0 Å². The van der Waals surface area contributed by atoms with E-state index in [1.807, 2.05) is 0 Å². The molecule has 0 heterocycles. The monoisotopic (exact) mass is 206 g/mol. The van der Waals surface area contributed by atoms with Gasteiger partial charge in [0.2, 0.25) is 0 Å². The number of carbonyl (C=O) groups excluding carboxylic acids is 2. The van der Waals surface area contributed by atoms with Gasteiger partial charge < -0.3 is 4.79 Å². The second kappa shape index (κ2) is 4.88. The summed E-state index contributed by atoms with van der Waals surface area (Å²) in [4.78, 5) is 20.7. The summed E-state index contributed by atoms with van der Waals surface area (Å²) in [6.07, 6.45) is 0.434. The molecule has 74 valence electrons. The summed E-state index contributed by atoms with van der Waals surface area (Å²) in [5.74, 6) is 0. The Morgan fingerprint density at radius 3 is 2.46 bits per heavy atom. The van der Waals surface area contributed by atoms with Gasteiger partial charge in [0.1, 0.15) is 6.29 Å². The molecular weight excluding hydrogens is 196 g/mol. The van der Waals surface area contributed by atoms with Crippen molar-refractivity contribution in [1.82, 2.24) is 0 Å². The van der Waals surface area contributed by atoms with Gasteiger partial charge in [0.25, 0.3) is 5.12 Å². The van der Waals surface area contributed by atoms with Crippen molar-refractivity contribution in [1.29, 1.82) is 0 Å². The van der Waals surface area contributed by atoms with E-state index < -0.39 is 15.2 Å². The Hall–Kier alpha value is -1.01. The molecule has 0 saturated carbocycles. The van der Waals surface area contributed by atoms with Crippen LogP contribution in [0.3, 0.4) is 0 Å². The minimum absolute atomic E-state index is 0.0668. The van der Waals surface area contributed by atoms with Crippen LogP contribution in [0, 0.1) is 0 Å². The molecule has 0 rings (SSSR count). The van der Waals surface area contributed by atoms with Gasteiger partial charge in [-0.25, -0.2) is 0 Å². The SMILES string of the molecule is C=C(C)C(=O)S(=O)(=O)OCCC=O. The molecule has 0 aliphatic rings. The zero-order chi connectivity index (χ0) is 10.5. The fourth-order valence-corrected chi connectivity index (χ4v) is 1.32. The number of hydrogen-bond acceptors (Lipinski definition) is 5. The molecule has 0 N–H and O–H groups in total. The topological polar surface area (TPSA) is 77.5 Å². The Bertz CT molecular complexity index is 314. The highest BCUT2D eigenvalue weighted by atomic mass is 32.2. The van der Waals surface area contributed by atoms with E-state index in [2.05, 4.69) is 10.8 Å². The smallest absolute Gasteiger partial charge is 0.303 e. The highest BCUT2D eigenvalue weighted by molar-refractivity contribution is 8.02. The molecule has 0 amide bonds. The molecule has 0 fully saturated rings. The van der Waals surface area contributed by atoms with Crippen molar-refractivity contribution in [3.63, 3.8) is 0 Å². The lowest BCUT2D eigenvalue weighted by Gasteiger charge is -2.01. The molecule has 0 aromatic rings. The van der Waals surface area contributed by atoms with E-state index >= 15 is 0 Å². The summed E-state index contributed by atoms with van der Waals surface area (Å²) >= 11 is 0. The second-order valence-corrected chi connectivity index (χ2v) is 3.81. The van der Waals surface area contributed by atoms with Gasteiger partial charge in [-0.15, -0.1) is 0 Å². The lowest BCUT2D eigenvalue weighted by molar-refractivity contribution is -0.110. The molecule has 0 atom stereocenters. The van der Waals surface area contributed by atoms with Gasteiger partial charge in [-0.05, 0) is 6.92 Å². The van der Waals surface area contributed by atoms with E-state index in [4.69, 9.17) is 0 Å². The summed E-state index contributed by atoms with van der Waals surface area (Å²) in [5.41, 5.74) is -0.119. The summed E-state index contributed by atoms with van der Waals surface area (Å²) in [6, 6.07) is 0. The molecule has 0 spiro atoms. The maximum atomic E-state index is 10.9. The summed E-state index contributed by atoms with van der Waals surface area (Å²) in [5, 5.41) is -1.15. The van der Waals surface area contributed by atoms with Gasteiger partial charge in [-0.1, -0.05) is 6.58 Å². The highest BCUT2D eigenvalue weighted by Gasteiger charge is 2.23. The normalized spacial score (nSPS) is 10.8. The van der Waals surface area contributed by atoms with Crippen molar-refractivity contribution in [3.05, 3.63) is 12.2 Å². The first-order valence-corrected chi connectivity index (χ1v) is 4.85. The van der Waals surface area contributed by atoms with Gasteiger partial charge in [0, 0.05) is 12.0 Å². The number of carbonyl (C=O) groups is 2. The summed E-state index contributed by atoms with van der Waals surface area (Å²) < 4.78 is 26.0. The minimum Gasteiger partial charge on any atom is -0.303 e. The molecule has 0 bridgehead atoms. The zero-order valence-electron chi connectivity index (χ0n) is 7.15. The van der Waals surface area contributed by atoms with Crippen molar-refractivity contribution in [3.8, 4) is 0 Å². The van der Waals surface area contributed by atoms with E-state index in [0.717, 1.165) is 0 Å².